The first-order valence-electron chi connectivity index (χ1n) is 12.9. The van der Waals surface area contributed by atoms with E-state index in [-0.39, 0.29) is 22.5 Å². The number of hydrogen-bond donors (Lipinski definition) is 0. The molecule has 0 aromatic rings. The van der Waals surface area contributed by atoms with Crippen molar-refractivity contribution in [2.24, 2.45) is 4.99 Å². The summed E-state index contributed by atoms with van der Waals surface area (Å²) >= 11 is 0. The van der Waals surface area contributed by atoms with Crippen LogP contribution in [0.3, 0.4) is 0 Å². The molecule has 2 aliphatic carbocycles. The van der Waals surface area contributed by atoms with Gasteiger partial charge < -0.3 is 15.0 Å². The third-order valence-electron chi connectivity index (χ3n) is 6.55. The van der Waals surface area contributed by atoms with E-state index in [1.54, 1.807) is 13.8 Å². The topological polar surface area (TPSA) is 52.8 Å². The normalized spacial score (nSPS) is 18.7. The number of hydrogen-bond acceptors (Lipinski definition) is 3. The summed E-state index contributed by atoms with van der Waals surface area (Å²) in [5.41, 5.74) is 0. The first-order valence-corrected chi connectivity index (χ1v) is 14.6. The van der Waals surface area contributed by atoms with Gasteiger partial charge in [0.2, 0.25) is 0 Å². The number of amidine groups is 1. The molecule has 0 heterocycles. The predicted octanol–water partition coefficient (Wildman–Crippen LogP) is 8.01. The molecule has 2 aliphatic rings. The first-order chi connectivity index (χ1) is 14.8. The van der Waals surface area contributed by atoms with E-state index in [4.69, 9.17) is 10.3 Å². The fraction of sp³-hybridized carbons (Fsp3) is 0.889. The number of aliphatic imine (C=N–C) groups is 1. The van der Waals surface area contributed by atoms with Gasteiger partial charge in [-0.3, -0.25) is 10.7 Å². The Hall–Kier alpha value is -0.266. The molecule has 0 aromatic carbocycles. The average molecular weight is 526 g/mol. The van der Waals surface area contributed by atoms with Crippen molar-refractivity contribution in [3.63, 3.8) is 0 Å². The SMILES string of the molecule is CC(C)(C)[PH+](CC(=NC1CCCCC1)[N-]C1CCCCC1)C(C)(C)C.COC(=O)[C-](C)C.[Ni+2]. The van der Waals surface area contributed by atoms with Gasteiger partial charge in [0, 0.05) is 7.92 Å². The van der Waals surface area contributed by atoms with Crippen LogP contribution in [0.2, 0.25) is 0 Å². The van der Waals surface area contributed by atoms with Crippen LogP contribution in [-0.2, 0) is 26.0 Å². The number of carbonyl (C=O) groups is 1. The molecule has 0 amide bonds. The van der Waals surface area contributed by atoms with Gasteiger partial charge in [0.05, 0.1) is 23.6 Å². The van der Waals surface area contributed by atoms with Crippen LogP contribution in [-0.4, -0.2) is 47.5 Å². The van der Waals surface area contributed by atoms with Gasteiger partial charge in [-0.15, -0.1) is 0 Å². The molecule has 6 heteroatoms. The van der Waals surface area contributed by atoms with Crippen molar-refractivity contribution < 1.29 is 26.0 Å². The van der Waals surface area contributed by atoms with Gasteiger partial charge in [0.15, 0.2) is 5.97 Å². The van der Waals surface area contributed by atoms with E-state index >= 15 is 0 Å². The standard InChI is InChI=1S/C22H42N2P.C5H9O2.Ni/c1-21(2,3)25(22(4,5)6)17-20(23-18-13-9-7-10-14-18)24-19-15-11-8-12-16-19;1-4(2)5(6)7-3;/h18-19H,7-17H2,1-6H3;1-3H3;/q2*-1;+2/p+1. The van der Waals surface area contributed by atoms with E-state index in [2.05, 4.69) is 46.3 Å². The van der Waals surface area contributed by atoms with Crippen LogP contribution in [0.1, 0.15) is 120 Å². The van der Waals surface area contributed by atoms with E-state index in [1.165, 1.54) is 77.2 Å². The number of carbonyl (C=O) groups excluding carboxylic acids is 1. The summed E-state index contributed by atoms with van der Waals surface area (Å²) in [6.45, 7) is 18.0. The van der Waals surface area contributed by atoms with E-state index < -0.39 is 7.92 Å². The molecule has 0 atom stereocenters. The molecule has 0 saturated heterocycles. The summed E-state index contributed by atoms with van der Waals surface area (Å²) in [6, 6.07) is 1.11. The number of rotatable bonds is 5. The van der Waals surface area contributed by atoms with E-state index in [9.17, 15) is 4.79 Å². The van der Waals surface area contributed by atoms with Crippen molar-refractivity contribution in [3.05, 3.63) is 11.2 Å². The maximum absolute atomic E-state index is 10.3. The molecular weight excluding hydrogens is 474 g/mol. The van der Waals surface area contributed by atoms with Gasteiger partial charge >= 0.3 is 16.5 Å². The molecule has 0 radical (unpaired) electrons. The third-order valence-corrected chi connectivity index (χ3v) is 10.8. The number of esters is 1. The second-order valence-electron chi connectivity index (χ2n) is 11.9. The van der Waals surface area contributed by atoms with Gasteiger partial charge in [-0.2, -0.15) is 13.8 Å². The summed E-state index contributed by atoms with van der Waals surface area (Å²) in [5.74, 6) is 1.69. The maximum atomic E-state index is 10.3. The Morgan fingerprint density at radius 3 is 1.73 bits per heavy atom. The Labute approximate surface area is 216 Å². The van der Waals surface area contributed by atoms with Crippen LogP contribution in [0.15, 0.2) is 4.99 Å². The van der Waals surface area contributed by atoms with E-state index in [0.717, 1.165) is 6.16 Å². The number of ether oxygens (including phenoxy) is 1. The van der Waals surface area contributed by atoms with Crippen molar-refractivity contribution in [1.29, 1.82) is 0 Å². The van der Waals surface area contributed by atoms with Crippen molar-refractivity contribution in [1.82, 2.24) is 0 Å². The minimum atomic E-state index is -0.598. The van der Waals surface area contributed by atoms with Crippen LogP contribution in [0, 0.1) is 5.92 Å². The molecular formula is C27H52N2NiO2P+. The van der Waals surface area contributed by atoms with Gasteiger partial charge in [0.1, 0.15) is 0 Å². The van der Waals surface area contributed by atoms with Gasteiger partial charge in [0.25, 0.3) is 0 Å². The third kappa shape index (κ3) is 13.4. The van der Waals surface area contributed by atoms with Crippen LogP contribution in [0.5, 0.6) is 0 Å². The van der Waals surface area contributed by atoms with Crippen LogP contribution in [0.4, 0.5) is 0 Å². The van der Waals surface area contributed by atoms with Crippen LogP contribution < -0.4 is 0 Å². The molecule has 2 fully saturated rings. The van der Waals surface area contributed by atoms with Crippen LogP contribution in [0.25, 0.3) is 5.32 Å². The molecule has 33 heavy (non-hydrogen) atoms. The quantitative estimate of drug-likeness (QED) is 0.0910. The molecule has 196 valence electrons. The zero-order valence-electron chi connectivity index (χ0n) is 23.0. The van der Waals surface area contributed by atoms with Gasteiger partial charge in [-0.25, -0.2) is 0 Å². The van der Waals surface area contributed by atoms with E-state index in [1.807, 2.05) is 0 Å². The molecule has 0 unspecified atom stereocenters. The minimum absolute atomic E-state index is 0. The number of methoxy groups -OCH3 is 1. The first kappa shape index (κ1) is 32.7. The van der Waals surface area contributed by atoms with Gasteiger partial charge in [-0.1, -0.05) is 70.0 Å². The second kappa shape index (κ2) is 15.7. The van der Waals surface area contributed by atoms with Gasteiger partial charge in [-0.05, 0) is 53.6 Å². The molecule has 0 spiro atoms. The summed E-state index contributed by atoms with van der Waals surface area (Å²) < 4.78 is 4.34. The molecule has 2 rings (SSSR count). The van der Waals surface area contributed by atoms with E-state index in [0.29, 0.717) is 28.3 Å². The Kier molecular flexibility index (Phi) is 15.5. The zero-order chi connectivity index (χ0) is 24.4. The fourth-order valence-corrected chi connectivity index (χ4v) is 8.79. The van der Waals surface area contributed by atoms with Crippen molar-refractivity contribution in [3.8, 4) is 0 Å². The summed E-state index contributed by atoms with van der Waals surface area (Å²) in [6.07, 6.45) is 14.6. The Balaban J connectivity index is 0.00000111. The monoisotopic (exact) mass is 525 g/mol. The molecule has 2 saturated carbocycles. The molecule has 4 nitrogen and oxygen atoms in total. The summed E-state index contributed by atoms with van der Waals surface area (Å²) in [7, 11) is 0.772. The smallest absolute Gasteiger partial charge is 0.491 e. The summed E-state index contributed by atoms with van der Waals surface area (Å²) in [5, 5.41) is 6.05. The summed E-state index contributed by atoms with van der Waals surface area (Å²) in [4.78, 5) is 15.5. The Bertz CT molecular complexity index is 556. The Morgan fingerprint density at radius 1 is 0.909 bits per heavy atom. The predicted molar refractivity (Wildman–Crippen MR) is 144 cm³/mol. The van der Waals surface area contributed by atoms with Crippen molar-refractivity contribution in [2.45, 2.75) is 142 Å². The van der Waals surface area contributed by atoms with Crippen LogP contribution >= 0.6 is 7.92 Å². The fourth-order valence-electron chi connectivity index (χ4n) is 4.98. The average Bonchev–Trinajstić information content (AvgIpc) is 2.71. The zero-order valence-corrected chi connectivity index (χ0v) is 24.9. The molecule has 0 N–H and O–H groups in total. The largest absolute Gasteiger partial charge is 2.00 e. The molecule has 0 aromatic heterocycles. The van der Waals surface area contributed by atoms with Crippen molar-refractivity contribution in [2.75, 3.05) is 13.3 Å². The number of nitrogens with zero attached hydrogens (tertiary/aromatic N) is 2. The molecule has 0 bridgehead atoms. The van der Waals surface area contributed by atoms with Crippen molar-refractivity contribution >= 4 is 19.7 Å². The maximum Gasteiger partial charge on any atom is 2.00 e. The minimum Gasteiger partial charge on any atom is -0.491 e. The Morgan fingerprint density at radius 2 is 1.36 bits per heavy atom. The second-order valence-corrected chi connectivity index (χ2v) is 16.2. The molecule has 0 aliphatic heterocycles.